The van der Waals surface area contributed by atoms with Crippen LogP contribution in [0.3, 0.4) is 0 Å². The summed E-state index contributed by atoms with van der Waals surface area (Å²) in [5.41, 5.74) is 0. The maximum absolute atomic E-state index is 10.2. The third-order valence-corrected chi connectivity index (χ3v) is 3.56. The molecule has 0 aliphatic rings. The normalized spacial score (nSPS) is 18.3. The van der Waals surface area contributed by atoms with Gasteiger partial charge in [-0.2, -0.15) is 0 Å². The molecule has 0 aromatic rings. The Balaban J connectivity index is 4.17. The Hall–Kier alpha value is 0.948. The molecule has 10 heteroatoms. The van der Waals surface area contributed by atoms with E-state index < -0.39 is 15.6 Å². The monoisotopic (exact) mass is 275 g/mol. The molecule has 0 spiro atoms. The summed E-state index contributed by atoms with van der Waals surface area (Å²) in [6.07, 6.45) is 0. The van der Waals surface area contributed by atoms with Crippen LogP contribution in [0.25, 0.3) is 0 Å². The molecule has 61 valence electrons. The molecule has 10 heavy (non-hydrogen) atoms. The van der Waals surface area contributed by atoms with Crippen molar-refractivity contribution >= 4 is 15.6 Å². The van der Waals surface area contributed by atoms with E-state index >= 15 is 0 Å². The summed E-state index contributed by atoms with van der Waals surface area (Å²) >= 11 is 0.721. The zero-order valence-corrected chi connectivity index (χ0v) is 8.07. The summed E-state index contributed by atoms with van der Waals surface area (Å²) in [6.45, 7) is 0. The van der Waals surface area contributed by atoms with Gasteiger partial charge in [0.25, 0.3) is 0 Å². The van der Waals surface area contributed by atoms with Crippen molar-refractivity contribution in [3.8, 4) is 0 Å². The Morgan fingerprint density at radius 2 is 1.60 bits per heavy atom. The Kier molecular flexibility index (Phi) is 3.90. The van der Waals surface area contributed by atoms with Crippen LogP contribution in [-0.2, 0) is 36.8 Å². The van der Waals surface area contributed by atoms with Crippen molar-refractivity contribution in [2.45, 2.75) is 0 Å². The average molecular weight is 273 g/mol. The van der Waals surface area contributed by atoms with E-state index in [2.05, 4.69) is 7.49 Å². The van der Waals surface area contributed by atoms with Gasteiger partial charge < -0.3 is 0 Å². The predicted octanol–water partition coefficient (Wildman–Crippen LogP) is -0.326. The molecule has 1 unspecified atom stereocenters. The molecule has 0 amide bonds. The van der Waals surface area contributed by atoms with Crippen LogP contribution >= 0.6 is 15.6 Å². The first kappa shape index (κ1) is 10.9. The second-order valence-electron chi connectivity index (χ2n) is 1.12. The van der Waals surface area contributed by atoms with Gasteiger partial charge in [0.1, 0.15) is 0 Å². The van der Waals surface area contributed by atoms with Gasteiger partial charge in [-0.15, -0.1) is 0 Å². The van der Waals surface area contributed by atoms with Crippen molar-refractivity contribution in [3.05, 3.63) is 0 Å². The van der Waals surface area contributed by atoms with Gasteiger partial charge in [0.05, 0.1) is 0 Å². The fourth-order valence-electron chi connectivity index (χ4n) is 0.148. The molecule has 0 rings (SSSR count). The molecule has 0 fully saturated rings. The minimum absolute atomic E-state index is 0.721. The van der Waals surface area contributed by atoms with E-state index in [0.717, 1.165) is 20.2 Å². The number of rotatable bonds is 3. The van der Waals surface area contributed by atoms with Crippen molar-refractivity contribution < 1.29 is 51.5 Å². The van der Waals surface area contributed by atoms with E-state index in [9.17, 15) is 9.13 Å². The van der Waals surface area contributed by atoms with Gasteiger partial charge in [0, 0.05) is 0 Å². The molecule has 0 aliphatic carbocycles. The zero-order chi connectivity index (χ0) is 8.41. The summed E-state index contributed by atoms with van der Waals surface area (Å²) < 4.78 is 27.1. The fraction of sp³-hybridized carbons (Fsp3) is 0. The molecular weight excluding hydrogens is 270 g/mol. The Bertz CT molecular complexity index is 190. The zero-order valence-electron chi connectivity index (χ0n) is 4.28. The molecule has 1 atom stereocenters. The topological polar surface area (TPSA) is 113 Å². The molecule has 0 saturated carbocycles. The van der Waals surface area contributed by atoms with E-state index in [0.29, 0.717) is 0 Å². The summed E-state index contributed by atoms with van der Waals surface area (Å²) in [6, 6.07) is 0. The summed E-state index contributed by atoms with van der Waals surface area (Å²) in [7, 11) is -9.49. The SMILES string of the molecule is O=P(O)(O)OP(=O)(O)[O][Mo]. The number of phosphoric acid groups is 2. The van der Waals surface area contributed by atoms with Crippen LogP contribution in [0.2, 0.25) is 0 Å². The maximum atomic E-state index is 10.2. The van der Waals surface area contributed by atoms with Crippen LogP contribution in [0.1, 0.15) is 0 Å². The molecule has 0 radical (unpaired) electrons. The minimum atomic E-state index is -4.94. The number of hydrogen-bond donors (Lipinski definition) is 3. The van der Waals surface area contributed by atoms with Gasteiger partial charge >= 0.3 is 67.1 Å². The van der Waals surface area contributed by atoms with E-state index in [1.165, 1.54) is 0 Å². The first-order chi connectivity index (χ1) is 4.27. The van der Waals surface area contributed by atoms with Crippen molar-refractivity contribution in [3.63, 3.8) is 0 Å². The summed E-state index contributed by atoms with van der Waals surface area (Å²) in [4.78, 5) is 24.2. The van der Waals surface area contributed by atoms with Gasteiger partial charge in [0.2, 0.25) is 0 Å². The van der Waals surface area contributed by atoms with Crippen molar-refractivity contribution in [2.24, 2.45) is 0 Å². The molecule has 7 nitrogen and oxygen atoms in total. The van der Waals surface area contributed by atoms with Crippen LogP contribution in [0.15, 0.2) is 0 Å². The van der Waals surface area contributed by atoms with Crippen molar-refractivity contribution in [2.75, 3.05) is 0 Å². The van der Waals surface area contributed by atoms with Gasteiger partial charge in [-0.1, -0.05) is 0 Å². The predicted molar refractivity (Wildman–Crippen MR) is 24.0 cm³/mol. The Morgan fingerprint density at radius 3 is 1.70 bits per heavy atom. The van der Waals surface area contributed by atoms with Crippen molar-refractivity contribution in [1.29, 1.82) is 0 Å². The molecule has 0 aromatic carbocycles. The molecule has 0 aliphatic heterocycles. The van der Waals surface area contributed by atoms with Crippen LogP contribution in [-0.4, -0.2) is 14.7 Å². The van der Waals surface area contributed by atoms with Crippen LogP contribution < -0.4 is 0 Å². The molecule has 3 N–H and O–H groups in total. The number of hydrogen-bond acceptors (Lipinski definition) is 4. The fourth-order valence-corrected chi connectivity index (χ4v) is 1.93. The molecule has 0 bridgehead atoms. The van der Waals surface area contributed by atoms with E-state index in [-0.39, 0.29) is 0 Å². The van der Waals surface area contributed by atoms with E-state index in [4.69, 9.17) is 14.7 Å². The molecule has 0 saturated heterocycles. The van der Waals surface area contributed by atoms with Gasteiger partial charge in [-0.3, -0.25) is 0 Å². The third-order valence-electron chi connectivity index (χ3n) is 0.304. The van der Waals surface area contributed by atoms with E-state index in [1.54, 1.807) is 0 Å². The van der Waals surface area contributed by atoms with Crippen LogP contribution in [0, 0.1) is 0 Å². The first-order valence-corrected chi connectivity index (χ1v) is 5.52. The molecule has 0 heterocycles. The van der Waals surface area contributed by atoms with Crippen LogP contribution in [0.5, 0.6) is 0 Å². The third kappa shape index (κ3) is 5.71. The van der Waals surface area contributed by atoms with Crippen molar-refractivity contribution in [1.82, 2.24) is 0 Å². The van der Waals surface area contributed by atoms with Gasteiger partial charge in [-0.05, 0) is 0 Å². The second kappa shape index (κ2) is 3.56. The second-order valence-corrected chi connectivity index (χ2v) is 4.94. The summed E-state index contributed by atoms with van der Waals surface area (Å²) in [5.74, 6) is 0. The Morgan fingerprint density at radius 1 is 1.20 bits per heavy atom. The standard InChI is InChI=1S/Mo.H4O7P2/c;1-8(2,3)7-9(4,5)6/h;(H2,1,2,3)(H2,4,5,6)/q+1;/p-1. The van der Waals surface area contributed by atoms with Gasteiger partial charge in [-0.25, -0.2) is 0 Å². The van der Waals surface area contributed by atoms with Gasteiger partial charge in [0.15, 0.2) is 0 Å². The quantitative estimate of drug-likeness (QED) is 0.476. The average Bonchev–Trinajstić information content (AvgIpc) is 1.60. The summed E-state index contributed by atoms with van der Waals surface area (Å²) in [5, 5.41) is 0. The molecule has 0 aromatic heterocycles. The molecular formula is H3MoO7P2. The van der Waals surface area contributed by atoms with Crippen LogP contribution in [0.4, 0.5) is 0 Å². The van der Waals surface area contributed by atoms with E-state index in [1.807, 2.05) is 0 Å². The first-order valence-electron chi connectivity index (χ1n) is 1.68. The Labute approximate surface area is 67.6 Å².